The van der Waals surface area contributed by atoms with Crippen molar-refractivity contribution >= 4 is 23.4 Å². The van der Waals surface area contributed by atoms with Gasteiger partial charge in [0.2, 0.25) is 5.91 Å². The number of carbonyl (C=O) groups excluding carboxylic acids is 1. The fourth-order valence-electron chi connectivity index (χ4n) is 3.44. The Morgan fingerprint density at radius 1 is 1.22 bits per heavy atom. The molecule has 0 spiro atoms. The minimum atomic E-state index is 0.0889. The molecule has 6 nitrogen and oxygen atoms in total. The van der Waals surface area contributed by atoms with Crippen molar-refractivity contribution in [1.82, 2.24) is 20.1 Å². The molecule has 3 rings (SSSR count). The monoisotopic (exact) mass is 387 g/mol. The van der Waals surface area contributed by atoms with Crippen molar-refractivity contribution in [2.45, 2.75) is 49.7 Å². The van der Waals surface area contributed by atoms with Crippen molar-refractivity contribution in [3.8, 4) is 11.4 Å². The lowest BCUT2D eigenvalue weighted by molar-refractivity contribution is -0.119. The van der Waals surface area contributed by atoms with Gasteiger partial charge in [0.1, 0.15) is 0 Å². The van der Waals surface area contributed by atoms with Crippen LogP contribution in [0.5, 0.6) is 0 Å². The van der Waals surface area contributed by atoms with Crippen LogP contribution in [0.1, 0.15) is 38.5 Å². The van der Waals surface area contributed by atoms with Crippen LogP contribution in [0.4, 0.5) is 5.69 Å². The number of carbonyl (C=O) groups is 1. The van der Waals surface area contributed by atoms with Gasteiger partial charge >= 0.3 is 0 Å². The minimum Gasteiger partial charge on any atom is -0.378 e. The van der Waals surface area contributed by atoms with Crippen LogP contribution in [-0.2, 0) is 11.8 Å². The molecule has 1 aliphatic carbocycles. The molecule has 1 N–H and O–H groups in total. The molecule has 2 aromatic rings. The number of thioether (sulfide) groups is 1. The summed E-state index contributed by atoms with van der Waals surface area (Å²) in [4.78, 5) is 14.4. The van der Waals surface area contributed by atoms with Gasteiger partial charge in [-0.3, -0.25) is 4.79 Å². The standard InChI is InChI=1S/C20H29N5OS/c1-24(2)17-12-8-9-15(13-17)19-22-23-20(25(19)3)27-14-18(26)21-16-10-6-4-5-7-11-16/h8-9,12-13,16H,4-7,10-11,14H2,1-3H3,(H,21,26). The second-order valence-corrected chi connectivity index (χ2v) is 8.30. The summed E-state index contributed by atoms with van der Waals surface area (Å²) in [7, 11) is 5.98. The third-order valence-corrected chi connectivity index (χ3v) is 6.03. The first-order valence-corrected chi connectivity index (χ1v) is 10.6. The van der Waals surface area contributed by atoms with Crippen molar-refractivity contribution < 1.29 is 4.79 Å². The van der Waals surface area contributed by atoms with Gasteiger partial charge in [0.15, 0.2) is 11.0 Å². The van der Waals surface area contributed by atoms with Crippen molar-refractivity contribution in [3.05, 3.63) is 24.3 Å². The lowest BCUT2D eigenvalue weighted by atomic mass is 10.1. The largest absolute Gasteiger partial charge is 0.378 e. The van der Waals surface area contributed by atoms with E-state index in [1.165, 1.54) is 37.4 Å². The van der Waals surface area contributed by atoms with E-state index < -0.39 is 0 Å². The second-order valence-electron chi connectivity index (χ2n) is 7.35. The van der Waals surface area contributed by atoms with Crippen LogP contribution < -0.4 is 10.2 Å². The van der Waals surface area contributed by atoms with Crippen molar-refractivity contribution in [3.63, 3.8) is 0 Å². The third-order valence-electron chi connectivity index (χ3n) is 5.01. The smallest absolute Gasteiger partial charge is 0.230 e. The summed E-state index contributed by atoms with van der Waals surface area (Å²) in [6, 6.07) is 8.55. The zero-order valence-corrected chi connectivity index (χ0v) is 17.3. The summed E-state index contributed by atoms with van der Waals surface area (Å²) in [5, 5.41) is 12.6. The van der Waals surface area contributed by atoms with Gasteiger partial charge in [-0.05, 0) is 25.0 Å². The van der Waals surface area contributed by atoms with E-state index in [1.807, 2.05) is 37.8 Å². The first-order chi connectivity index (χ1) is 13.0. The van der Waals surface area contributed by atoms with Crippen LogP contribution in [-0.4, -0.2) is 46.6 Å². The predicted octanol–water partition coefficient (Wildman–Crippen LogP) is 3.48. The number of hydrogen-bond donors (Lipinski definition) is 1. The molecule has 27 heavy (non-hydrogen) atoms. The zero-order chi connectivity index (χ0) is 19.2. The molecular weight excluding hydrogens is 358 g/mol. The van der Waals surface area contributed by atoms with E-state index in [9.17, 15) is 4.79 Å². The minimum absolute atomic E-state index is 0.0889. The Balaban J connectivity index is 1.60. The lowest BCUT2D eigenvalue weighted by Crippen LogP contribution is -2.35. The highest BCUT2D eigenvalue weighted by molar-refractivity contribution is 7.99. The van der Waals surface area contributed by atoms with Gasteiger partial charge in [-0.25, -0.2) is 0 Å². The first-order valence-electron chi connectivity index (χ1n) is 9.64. The number of benzene rings is 1. The highest BCUT2D eigenvalue weighted by atomic mass is 32.2. The number of nitrogens with zero attached hydrogens (tertiary/aromatic N) is 4. The molecule has 0 unspecified atom stereocenters. The maximum Gasteiger partial charge on any atom is 0.230 e. The molecule has 0 aliphatic heterocycles. The van der Waals surface area contributed by atoms with E-state index in [2.05, 4.69) is 32.5 Å². The van der Waals surface area contributed by atoms with E-state index in [0.717, 1.165) is 35.1 Å². The van der Waals surface area contributed by atoms with Crippen molar-refractivity contribution in [2.75, 3.05) is 24.7 Å². The fraction of sp³-hybridized carbons (Fsp3) is 0.550. The molecule has 1 aromatic heterocycles. The Labute approximate surface area is 165 Å². The number of anilines is 1. The molecule has 1 saturated carbocycles. The summed E-state index contributed by atoms with van der Waals surface area (Å²) in [5.41, 5.74) is 2.14. The molecular formula is C20H29N5OS. The van der Waals surface area contributed by atoms with Gasteiger partial charge in [0, 0.05) is 38.4 Å². The number of amides is 1. The fourth-order valence-corrected chi connectivity index (χ4v) is 4.16. The molecule has 0 saturated heterocycles. The first kappa shape index (κ1) is 19.7. The molecule has 0 radical (unpaired) electrons. The summed E-state index contributed by atoms with van der Waals surface area (Å²) < 4.78 is 1.96. The van der Waals surface area contributed by atoms with Gasteiger partial charge in [0.25, 0.3) is 0 Å². The van der Waals surface area contributed by atoms with Crippen LogP contribution in [0, 0.1) is 0 Å². The Bertz CT molecular complexity index is 765. The van der Waals surface area contributed by atoms with Crippen LogP contribution in [0.15, 0.2) is 29.4 Å². The molecule has 1 aromatic carbocycles. The average Bonchev–Trinajstić information content (AvgIpc) is 2.85. The summed E-state index contributed by atoms with van der Waals surface area (Å²) in [5.74, 6) is 1.27. The highest BCUT2D eigenvalue weighted by Gasteiger charge is 2.17. The normalized spacial score (nSPS) is 15.4. The maximum absolute atomic E-state index is 12.3. The Morgan fingerprint density at radius 2 is 1.96 bits per heavy atom. The molecule has 1 heterocycles. The predicted molar refractivity (Wildman–Crippen MR) is 111 cm³/mol. The quantitative estimate of drug-likeness (QED) is 0.607. The third kappa shape index (κ3) is 5.25. The molecule has 0 bridgehead atoms. The SMILES string of the molecule is CN(C)c1cccc(-c2nnc(SCC(=O)NC3CCCCCC3)n2C)c1. The average molecular weight is 388 g/mol. The lowest BCUT2D eigenvalue weighted by Gasteiger charge is -2.15. The number of nitrogens with one attached hydrogen (secondary N) is 1. The van der Waals surface area contributed by atoms with Crippen LogP contribution in [0.2, 0.25) is 0 Å². The summed E-state index contributed by atoms with van der Waals surface area (Å²) in [6.45, 7) is 0. The molecule has 7 heteroatoms. The molecule has 1 aliphatic rings. The van der Waals surface area contributed by atoms with Crippen LogP contribution >= 0.6 is 11.8 Å². The van der Waals surface area contributed by atoms with E-state index >= 15 is 0 Å². The van der Waals surface area contributed by atoms with Gasteiger partial charge in [-0.15, -0.1) is 10.2 Å². The van der Waals surface area contributed by atoms with E-state index in [4.69, 9.17) is 0 Å². The van der Waals surface area contributed by atoms with E-state index in [-0.39, 0.29) is 5.91 Å². The molecule has 146 valence electrons. The van der Waals surface area contributed by atoms with Crippen LogP contribution in [0.3, 0.4) is 0 Å². The molecule has 0 atom stereocenters. The number of hydrogen-bond acceptors (Lipinski definition) is 5. The number of rotatable bonds is 6. The molecule has 1 amide bonds. The Hall–Kier alpha value is -2.02. The van der Waals surface area contributed by atoms with Crippen LogP contribution in [0.25, 0.3) is 11.4 Å². The Kier molecular flexibility index (Phi) is 6.77. The Morgan fingerprint density at radius 3 is 2.67 bits per heavy atom. The van der Waals surface area contributed by atoms with E-state index in [0.29, 0.717) is 11.8 Å². The van der Waals surface area contributed by atoms with Gasteiger partial charge < -0.3 is 14.8 Å². The number of aromatic nitrogens is 3. The highest BCUT2D eigenvalue weighted by Crippen LogP contribution is 2.25. The summed E-state index contributed by atoms with van der Waals surface area (Å²) in [6.07, 6.45) is 7.22. The van der Waals surface area contributed by atoms with Gasteiger partial charge in [0.05, 0.1) is 5.75 Å². The van der Waals surface area contributed by atoms with Crippen molar-refractivity contribution in [1.29, 1.82) is 0 Å². The zero-order valence-electron chi connectivity index (χ0n) is 16.4. The van der Waals surface area contributed by atoms with Crippen molar-refractivity contribution in [2.24, 2.45) is 7.05 Å². The molecule has 1 fully saturated rings. The van der Waals surface area contributed by atoms with Gasteiger partial charge in [-0.2, -0.15) is 0 Å². The van der Waals surface area contributed by atoms with E-state index in [1.54, 1.807) is 0 Å². The topological polar surface area (TPSA) is 63.1 Å². The van der Waals surface area contributed by atoms with Gasteiger partial charge in [-0.1, -0.05) is 49.6 Å². The second kappa shape index (κ2) is 9.26. The maximum atomic E-state index is 12.3. The summed E-state index contributed by atoms with van der Waals surface area (Å²) >= 11 is 1.44.